The number of hydrogen-bond acceptors (Lipinski definition) is 11. The summed E-state index contributed by atoms with van der Waals surface area (Å²) in [5.74, 6) is -2.69. The maximum atomic E-state index is 12.7. The predicted molar refractivity (Wildman–Crippen MR) is 125 cm³/mol. The summed E-state index contributed by atoms with van der Waals surface area (Å²) in [6.45, 7) is 7.40. The van der Waals surface area contributed by atoms with Crippen LogP contribution in [0.4, 0.5) is 0 Å². The molecule has 0 radical (unpaired) electrons. The lowest BCUT2D eigenvalue weighted by Gasteiger charge is -2.24. The van der Waals surface area contributed by atoms with Crippen LogP contribution >= 0.6 is 0 Å². The highest BCUT2D eigenvalue weighted by atomic mass is 16.8. The van der Waals surface area contributed by atoms with Crippen molar-refractivity contribution < 1.29 is 53.2 Å². The summed E-state index contributed by atoms with van der Waals surface area (Å²) in [5, 5.41) is 19.9. The molecular formula is C23H38N2O11. The molecule has 206 valence electrons. The number of carbonyl (C=O) groups is 4. The van der Waals surface area contributed by atoms with Gasteiger partial charge in [0.05, 0.1) is 39.0 Å². The van der Waals surface area contributed by atoms with E-state index in [2.05, 4.69) is 13.2 Å². The molecule has 0 heterocycles. The Morgan fingerprint density at radius 1 is 0.861 bits per heavy atom. The van der Waals surface area contributed by atoms with Gasteiger partial charge in [0.2, 0.25) is 11.8 Å². The minimum absolute atomic E-state index is 0.0395. The smallest absolute Gasteiger partial charge is 0.325 e. The lowest BCUT2D eigenvalue weighted by molar-refractivity contribution is -0.274. The van der Waals surface area contributed by atoms with Gasteiger partial charge in [-0.3, -0.25) is 19.2 Å². The fourth-order valence-corrected chi connectivity index (χ4v) is 2.57. The molecule has 0 aromatic rings. The average Bonchev–Trinajstić information content (AvgIpc) is 2.85. The van der Waals surface area contributed by atoms with Crippen LogP contribution in [-0.2, 0) is 43.0 Å². The monoisotopic (exact) mass is 518 g/mol. The third-order valence-corrected chi connectivity index (χ3v) is 4.29. The standard InChI is InChI=1S/C23H38N2O11/c1-4-9-20(28)25(18-26)36-21(29)11-10-19(27)24(16-22(30)34-14-7-12-32-5-2)17-23(31)35-15-8-13-33-6-3/h5-6,21,26,29H,2-4,7-18H2,1H3. The molecule has 0 aromatic carbocycles. The Hall–Kier alpha value is -3.16. The first-order valence-electron chi connectivity index (χ1n) is 11.6. The lowest BCUT2D eigenvalue weighted by Crippen LogP contribution is -2.41. The number of esters is 2. The van der Waals surface area contributed by atoms with Crippen LogP contribution in [0.15, 0.2) is 25.7 Å². The number of hydrogen-bond donors (Lipinski definition) is 2. The zero-order chi connectivity index (χ0) is 27.2. The van der Waals surface area contributed by atoms with Crippen LogP contribution < -0.4 is 0 Å². The Morgan fingerprint density at radius 3 is 1.83 bits per heavy atom. The van der Waals surface area contributed by atoms with Crippen LogP contribution in [0.1, 0.15) is 45.4 Å². The molecule has 0 aliphatic carbocycles. The second kappa shape index (κ2) is 21.1. The molecule has 2 amide bonds. The van der Waals surface area contributed by atoms with Crippen LogP contribution in [-0.4, -0.2) is 96.5 Å². The molecule has 0 rings (SSSR count). The van der Waals surface area contributed by atoms with Gasteiger partial charge in [0, 0.05) is 32.1 Å². The van der Waals surface area contributed by atoms with E-state index >= 15 is 0 Å². The van der Waals surface area contributed by atoms with E-state index in [1.165, 1.54) is 12.5 Å². The first-order valence-corrected chi connectivity index (χ1v) is 11.6. The van der Waals surface area contributed by atoms with Crippen molar-refractivity contribution >= 4 is 23.8 Å². The van der Waals surface area contributed by atoms with E-state index in [0.717, 1.165) is 4.90 Å². The molecule has 1 unspecified atom stereocenters. The molecule has 0 saturated heterocycles. The van der Waals surface area contributed by atoms with Gasteiger partial charge in [0.15, 0.2) is 6.29 Å². The molecule has 0 aromatic heterocycles. The lowest BCUT2D eigenvalue weighted by atomic mass is 10.2. The second-order valence-corrected chi connectivity index (χ2v) is 7.24. The number of hydroxylamine groups is 2. The van der Waals surface area contributed by atoms with Gasteiger partial charge >= 0.3 is 11.9 Å². The first-order chi connectivity index (χ1) is 17.3. The summed E-state index contributed by atoms with van der Waals surface area (Å²) >= 11 is 0. The molecule has 0 saturated carbocycles. The van der Waals surface area contributed by atoms with Crippen LogP contribution in [0, 0.1) is 0 Å². The van der Waals surface area contributed by atoms with Crippen LogP contribution in [0.3, 0.4) is 0 Å². The van der Waals surface area contributed by atoms with Crippen molar-refractivity contribution in [2.45, 2.75) is 51.7 Å². The highest BCUT2D eigenvalue weighted by molar-refractivity contribution is 5.86. The van der Waals surface area contributed by atoms with Crippen molar-refractivity contribution in [1.29, 1.82) is 0 Å². The molecule has 0 aliphatic rings. The third-order valence-electron chi connectivity index (χ3n) is 4.29. The number of aliphatic hydroxyl groups excluding tert-OH is 2. The number of rotatable bonds is 22. The Labute approximate surface area is 211 Å². The SMILES string of the molecule is C=COCCCOC(=O)CN(CC(=O)OCCCOC=C)C(=O)CCC(O)ON(CO)C(=O)CCC. The van der Waals surface area contributed by atoms with Gasteiger partial charge in [-0.2, -0.15) is 5.06 Å². The Balaban J connectivity index is 4.88. The normalized spacial score (nSPS) is 11.1. The van der Waals surface area contributed by atoms with E-state index in [9.17, 15) is 29.4 Å². The summed E-state index contributed by atoms with van der Waals surface area (Å²) in [6.07, 6.45) is 1.75. The number of aliphatic hydroxyl groups is 2. The number of carbonyl (C=O) groups excluding carboxylic acids is 4. The van der Waals surface area contributed by atoms with Gasteiger partial charge in [-0.25, -0.2) is 4.84 Å². The largest absolute Gasteiger partial charge is 0.502 e. The van der Waals surface area contributed by atoms with Crippen LogP contribution in [0.2, 0.25) is 0 Å². The Bertz CT molecular complexity index is 655. The molecule has 0 spiro atoms. The molecule has 0 aliphatic heterocycles. The highest BCUT2D eigenvalue weighted by Gasteiger charge is 2.24. The Morgan fingerprint density at radius 2 is 1.39 bits per heavy atom. The van der Waals surface area contributed by atoms with Crippen molar-refractivity contribution in [3.63, 3.8) is 0 Å². The Kier molecular flexibility index (Phi) is 19.3. The van der Waals surface area contributed by atoms with Crippen molar-refractivity contribution in [2.24, 2.45) is 0 Å². The van der Waals surface area contributed by atoms with E-state index < -0.39 is 49.9 Å². The van der Waals surface area contributed by atoms with Gasteiger partial charge in [0.1, 0.15) is 19.8 Å². The number of amides is 2. The van der Waals surface area contributed by atoms with Gasteiger partial charge in [-0.15, -0.1) is 0 Å². The molecule has 13 nitrogen and oxygen atoms in total. The van der Waals surface area contributed by atoms with Gasteiger partial charge in [0.25, 0.3) is 0 Å². The zero-order valence-electron chi connectivity index (χ0n) is 20.8. The molecule has 13 heteroatoms. The highest BCUT2D eigenvalue weighted by Crippen LogP contribution is 2.08. The maximum Gasteiger partial charge on any atom is 0.325 e. The summed E-state index contributed by atoms with van der Waals surface area (Å²) in [6, 6.07) is 0. The maximum absolute atomic E-state index is 12.7. The quantitative estimate of drug-likeness (QED) is 0.0679. The zero-order valence-corrected chi connectivity index (χ0v) is 20.8. The van der Waals surface area contributed by atoms with Gasteiger partial charge in [-0.05, 0) is 6.42 Å². The molecule has 0 bridgehead atoms. The van der Waals surface area contributed by atoms with E-state index in [0.29, 0.717) is 37.5 Å². The molecule has 0 fully saturated rings. The van der Waals surface area contributed by atoms with Gasteiger partial charge in [-0.1, -0.05) is 20.1 Å². The second-order valence-electron chi connectivity index (χ2n) is 7.24. The molecule has 36 heavy (non-hydrogen) atoms. The van der Waals surface area contributed by atoms with Crippen molar-refractivity contribution in [3.05, 3.63) is 25.7 Å². The van der Waals surface area contributed by atoms with Crippen molar-refractivity contribution in [2.75, 3.05) is 46.2 Å². The van der Waals surface area contributed by atoms with Crippen molar-refractivity contribution in [1.82, 2.24) is 9.96 Å². The summed E-state index contributed by atoms with van der Waals surface area (Å²) < 4.78 is 19.9. The topological polar surface area (TPSA) is 161 Å². The fourth-order valence-electron chi connectivity index (χ4n) is 2.57. The number of nitrogens with zero attached hydrogens (tertiary/aromatic N) is 2. The molecule has 1 atom stereocenters. The van der Waals surface area contributed by atoms with E-state index in [-0.39, 0.29) is 32.5 Å². The minimum atomic E-state index is -1.59. The average molecular weight is 519 g/mol. The summed E-state index contributed by atoms with van der Waals surface area (Å²) in [4.78, 5) is 54.7. The molecule has 2 N–H and O–H groups in total. The molecular weight excluding hydrogens is 480 g/mol. The van der Waals surface area contributed by atoms with Crippen molar-refractivity contribution in [3.8, 4) is 0 Å². The first kappa shape index (κ1) is 32.8. The number of ether oxygens (including phenoxy) is 4. The van der Waals surface area contributed by atoms with Crippen LogP contribution in [0.25, 0.3) is 0 Å². The summed E-state index contributed by atoms with van der Waals surface area (Å²) in [7, 11) is 0. The third kappa shape index (κ3) is 16.5. The summed E-state index contributed by atoms with van der Waals surface area (Å²) in [5.41, 5.74) is 0. The van der Waals surface area contributed by atoms with E-state index in [1.54, 1.807) is 6.92 Å². The van der Waals surface area contributed by atoms with Gasteiger partial charge < -0.3 is 34.1 Å². The predicted octanol–water partition coefficient (Wildman–Crippen LogP) is 0.611. The minimum Gasteiger partial charge on any atom is -0.502 e. The fraction of sp³-hybridized carbons (Fsp3) is 0.652. The van der Waals surface area contributed by atoms with E-state index in [4.69, 9.17) is 23.8 Å². The van der Waals surface area contributed by atoms with E-state index in [1.807, 2.05) is 0 Å². The van der Waals surface area contributed by atoms with Crippen LogP contribution in [0.5, 0.6) is 0 Å².